The molecule has 3 aliphatic carbocycles. The molecule has 26 heavy (non-hydrogen) atoms. The number of ketones is 1. The number of aromatic hydroxyl groups is 1. The molecule has 5 aliphatic rings. The van der Waals surface area contributed by atoms with Crippen LogP contribution in [0.2, 0.25) is 0 Å². The predicted octanol–water partition coefficient (Wildman–Crippen LogP) is 1.43. The number of likely N-dealkylation sites (tertiary alicyclic amines) is 1. The molecule has 2 bridgehead atoms. The summed E-state index contributed by atoms with van der Waals surface area (Å²) in [6, 6.07) is 3.14. The van der Waals surface area contributed by atoms with Crippen LogP contribution in [-0.4, -0.2) is 56.7 Å². The van der Waals surface area contributed by atoms with Crippen LogP contribution >= 0.6 is 0 Å². The Labute approximate surface area is 151 Å². The molecular weight excluding hydrogens is 334 g/mol. The van der Waals surface area contributed by atoms with E-state index in [1.54, 1.807) is 6.07 Å². The molecule has 2 heterocycles. The molecule has 2 saturated carbocycles. The zero-order chi connectivity index (χ0) is 17.9. The average molecular weight is 358 g/mol. The van der Waals surface area contributed by atoms with Gasteiger partial charge in [-0.15, -0.1) is 0 Å². The molecule has 5 atom stereocenters. The molecule has 3 fully saturated rings. The SMILES string of the molecule is O=C1CCC2(O)C3Cc4ccc(O)c5c4[C@]2(CC[N@@+]3(O)CC2CC2)C1O5. The molecule has 0 radical (unpaired) electrons. The molecule has 1 saturated heterocycles. The Morgan fingerprint density at radius 3 is 2.85 bits per heavy atom. The summed E-state index contributed by atoms with van der Waals surface area (Å²) in [6.07, 6.45) is 3.21. The molecule has 3 unspecified atom stereocenters. The highest BCUT2D eigenvalue weighted by molar-refractivity contribution is 5.89. The number of hydrogen-bond donors (Lipinski definition) is 3. The standard InChI is InChI=1S/C20H23NO5/c22-13-4-3-12-9-15-20(24)6-5-14(23)18-19(20,16(12)17(13)26-18)7-8-21(15,25)10-11-1-2-11/h3-4,11,15,18,24-25H,1-2,5-10H2/p+1/t15?,18?,19-,20?,21-/m1/s1. The molecule has 1 aromatic rings. The topological polar surface area (TPSA) is 87.0 Å². The maximum Gasteiger partial charge on any atom is 0.174 e. The van der Waals surface area contributed by atoms with Crippen LogP contribution in [0.25, 0.3) is 0 Å². The third-order valence-corrected chi connectivity index (χ3v) is 7.88. The van der Waals surface area contributed by atoms with Gasteiger partial charge in [0.2, 0.25) is 0 Å². The summed E-state index contributed by atoms with van der Waals surface area (Å²) in [5.74, 6) is 0.946. The van der Waals surface area contributed by atoms with Gasteiger partial charge in [-0.1, -0.05) is 6.07 Å². The van der Waals surface area contributed by atoms with Crippen molar-refractivity contribution in [3.8, 4) is 11.5 Å². The van der Waals surface area contributed by atoms with E-state index in [0.717, 1.165) is 24.0 Å². The highest BCUT2D eigenvalue weighted by Gasteiger charge is 2.77. The minimum atomic E-state index is -1.18. The first-order valence-electron chi connectivity index (χ1n) is 9.76. The number of piperidine rings is 1. The van der Waals surface area contributed by atoms with Crippen LogP contribution in [0.3, 0.4) is 0 Å². The summed E-state index contributed by atoms with van der Waals surface area (Å²) in [4.78, 5) is 12.7. The van der Waals surface area contributed by atoms with Crippen molar-refractivity contribution in [3.63, 3.8) is 0 Å². The monoisotopic (exact) mass is 358 g/mol. The number of phenols is 1. The lowest BCUT2D eigenvalue weighted by atomic mass is 9.49. The van der Waals surface area contributed by atoms with Crippen LogP contribution in [0.4, 0.5) is 0 Å². The summed E-state index contributed by atoms with van der Waals surface area (Å²) in [6.45, 7) is 1.20. The van der Waals surface area contributed by atoms with Crippen LogP contribution in [0, 0.1) is 5.92 Å². The summed E-state index contributed by atoms with van der Waals surface area (Å²) in [5, 5.41) is 33.9. The molecular formula is C20H24NO5+. The van der Waals surface area contributed by atoms with Crippen molar-refractivity contribution in [2.24, 2.45) is 5.92 Å². The number of carbonyl (C=O) groups excluding carboxylic acids is 1. The van der Waals surface area contributed by atoms with Gasteiger partial charge in [-0.2, -0.15) is 4.65 Å². The number of ether oxygens (including phenoxy) is 1. The Hall–Kier alpha value is -1.63. The molecule has 0 aromatic heterocycles. The number of phenolic OH excluding ortho intramolecular Hbond substituents is 1. The Morgan fingerprint density at radius 1 is 1.27 bits per heavy atom. The first kappa shape index (κ1) is 15.4. The van der Waals surface area contributed by atoms with E-state index < -0.39 is 17.1 Å². The van der Waals surface area contributed by atoms with Gasteiger partial charge in [-0.25, -0.2) is 5.21 Å². The van der Waals surface area contributed by atoms with E-state index >= 15 is 0 Å². The lowest BCUT2D eigenvalue weighted by Crippen LogP contribution is -2.81. The number of benzene rings is 1. The van der Waals surface area contributed by atoms with E-state index in [1.807, 2.05) is 6.07 Å². The van der Waals surface area contributed by atoms with Crippen molar-refractivity contribution in [2.45, 2.75) is 61.7 Å². The number of carbonyl (C=O) groups is 1. The van der Waals surface area contributed by atoms with Crippen molar-refractivity contribution in [3.05, 3.63) is 23.3 Å². The molecule has 2 aliphatic heterocycles. The number of nitrogens with zero attached hydrogens (tertiary/aromatic N) is 1. The first-order chi connectivity index (χ1) is 12.4. The summed E-state index contributed by atoms with van der Waals surface area (Å²) in [5.41, 5.74) is -0.189. The minimum Gasteiger partial charge on any atom is -0.504 e. The van der Waals surface area contributed by atoms with Crippen LogP contribution in [0.1, 0.15) is 43.2 Å². The second-order valence-corrected chi connectivity index (χ2v) is 9.11. The van der Waals surface area contributed by atoms with E-state index in [-0.39, 0.29) is 28.6 Å². The fourth-order valence-corrected chi connectivity index (χ4v) is 6.57. The van der Waals surface area contributed by atoms with E-state index in [4.69, 9.17) is 4.74 Å². The predicted molar refractivity (Wildman–Crippen MR) is 90.0 cm³/mol. The highest BCUT2D eigenvalue weighted by Crippen LogP contribution is 2.65. The van der Waals surface area contributed by atoms with Crippen molar-refractivity contribution in [1.82, 2.24) is 0 Å². The van der Waals surface area contributed by atoms with E-state index in [1.165, 1.54) is 0 Å². The van der Waals surface area contributed by atoms with Crippen molar-refractivity contribution >= 4 is 5.78 Å². The third-order valence-electron chi connectivity index (χ3n) is 7.88. The number of Topliss-reactive ketones (excluding diaryl/α,β-unsaturated/α-hetero) is 1. The molecule has 138 valence electrons. The highest BCUT2D eigenvalue weighted by atomic mass is 16.6. The fraction of sp³-hybridized carbons (Fsp3) is 0.650. The average Bonchev–Trinajstić information content (AvgIpc) is 3.32. The molecule has 0 amide bonds. The normalized spacial score (nSPS) is 45.2. The third kappa shape index (κ3) is 1.54. The van der Waals surface area contributed by atoms with Crippen LogP contribution in [-0.2, 0) is 16.6 Å². The second-order valence-electron chi connectivity index (χ2n) is 9.11. The van der Waals surface area contributed by atoms with Crippen LogP contribution < -0.4 is 4.74 Å². The lowest BCUT2D eigenvalue weighted by Gasteiger charge is -2.62. The summed E-state index contributed by atoms with van der Waals surface area (Å²) >= 11 is 0. The van der Waals surface area contributed by atoms with Gasteiger partial charge in [0.15, 0.2) is 29.4 Å². The smallest absolute Gasteiger partial charge is 0.174 e. The van der Waals surface area contributed by atoms with Crippen molar-refractivity contribution < 1.29 is 29.6 Å². The first-order valence-corrected chi connectivity index (χ1v) is 9.76. The number of aliphatic hydroxyl groups is 1. The van der Waals surface area contributed by atoms with Crippen LogP contribution in [0.15, 0.2) is 12.1 Å². The van der Waals surface area contributed by atoms with Gasteiger partial charge in [-0.05, 0) is 30.9 Å². The maximum atomic E-state index is 12.7. The summed E-state index contributed by atoms with van der Waals surface area (Å²) < 4.78 is 5.90. The Morgan fingerprint density at radius 2 is 2.08 bits per heavy atom. The van der Waals surface area contributed by atoms with Gasteiger partial charge in [0.05, 0.1) is 5.41 Å². The Balaban J connectivity index is 1.60. The zero-order valence-corrected chi connectivity index (χ0v) is 14.6. The molecule has 3 N–H and O–H groups in total. The molecule has 6 heteroatoms. The van der Waals surface area contributed by atoms with Gasteiger partial charge in [0, 0.05) is 30.7 Å². The van der Waals surface area contributed by atoms with Gasteiger partial charge >= 0.3 is 0 Å². The van der Waals surface area contributed by atoms with E-state index in [9.17, 15) is 20.2 Å². The van der Waals surface area contributed by atoms with E-state index in [2.05, 4.69) is 0 Å². The van der Waals surface area contributed by atoms with Gasteiger partial charge < -0.3 is 14.9 Å². The molecule has 6 nitrogen and oxygen atoms in total. The minimum absolute atomic E-state index is 0.00277. The molecule has 1 spiro atoms. The Bertz CT molecular complexity index is 851. The van der Waals surface area contributed by atoms with Crippen molar-refractivity contribution in [1.29, 1.82) is 0 Å². The second kappa shape index (κ2) is 4.43. The van der Waals surface area contributed by atoms with Gasteiger partial charge in [0.1, 0.15) is 18.7 Å². The lowest BCUT2D eigenvalue weighted by molar-refractivity contribution is -1.13. The van der Waals surface area contributed by atoms with Gasteiger partial charge in [-0.3, -0.25) is 4.79 Å². The quantitative estimate of drug-likeness (QED) is 0.696. The number of hydrogen-bond acceptors (Lipinski definition) is 5. The van der Waals surface area contributed by atoms with Crippen LogP contribution in [0.5, 0.6) is 11.5 Å². The summed E-state index contributed by atoms with van der Waals surface area (Å²) in [7, 11) is 0. The number of rotatable bonds is 2. The zero-order valence-electron chi connectivity index (χ0n) is 14.6. The van der Waals surface area contributed by atoms with Crippen molar-refractivity contribution in [2.75, 3.05) is 13.1 Å². The molecule has 6 rings (SSSR count). The number of hydroxylamine groups is 3. The molecule has 1 aromatic carbocycles. The Kier molecular flexibility index (Phi) is 2.63. The van der Waals surface area contributed by atoms with E-state index in [0.29, 0.717) is 44.0 Å². The largest absolute Gasteiger partial charge is 0.504 e. The maximum absolute atomic E-state index is 12.7. The van der Waals surface area contributed by atoms with Gasteiger partial charge in [0.25, 0.3) is 0 Å². The number of quaternary nitrogens is 1. The fourth-order valence-electron chi connectivity index (χ4n) is 6.57.